The maximum Gasteiger partial charge on any atom is 0.340 e. The molecule has 0 amide bonds. The zero-order valence-corrected chi connectivity index (χ0v) is 17.9. The molecule has 1 atom stereocenters. The summed E-state index contributed by atoms with van der Waals surface area (Å²) in [6.07, 6.45) is 0. The lowest BCUT2D eigenvalue weighted by Gasteiger charge is -2.27. The lowest BCUT2D eigenvalue weighted by molar-refractivity contribution is 0.0600. The van der Waals surface area contributed by atoms with Gasteiger partial charge in [0.2, 0.25) is 0 Å². The van der Waals surface area contributed by atoms with Crippen LogP contribution < -0.4 is 4.31 Å². The van der Waals surface area contributed by atoms with Gasteiger partial charge in [-0.05, 0) is 54.3 Å². The molecule has 3 aromatic rings. The van der Waals surface area contributed by atoms with Crippen molar-refractivity contribution in [1.82, 2.24) is 0 Å². The van der Waals surface area contributed by atoms with E-state index in [-0.39, 0.29) is 16.8 Å². The number of hydrogen-bond donors (Lipinski definition) is 0. The van der Waals surface area contributed by atoms with Crippen LogP contribution in [0, 0.1) is 6.92 Å². The van der Waals surface area contributed by atoms with Gasteiger partial charge in [0.25, 0.3) is 0 Å². The van der Waals surface area contributed by atoms with Gasteiger partial charge in [-0.1, -0.05) is 11.6 Å². The van der Waals surface area contributed by atoms with Crippen molar-refractivity contribution in [1.29, 1.82) is 0 Å². The molecule has 0 fully saturated rings. The van der Waals surface area contributed by atoms with Gasteiger partial charge in [0.1, 0.15) is 5.00 Å². The molecule has 0 aliphatic rings. The van der Waals surface area contributed by atoms with E-state index >= 15 is 0 Å². The zero-order chi connectivity index (χ0) is 21.3. The van der Waals surface area contributed by atoms with Gasteiger partial charge < -0.3 is 14.0 Å². The molecule has 1 aromatic heterocycles. The van der Waals surface area contributed by atoms with Crippen molar-refractivity contribution in [2.75, 3.05) is 18.5 Å². The Balaban J connectivity index is 2.25. The minimum atomic E-state index is -2.76. The van der Waals surface area contributed by atoms with Crippen LogP contribution in [0.3, 0.4) is 0 Å². The predicted molar refractivity (Wildman–Crippen MR) is 112 cm³/mol. The number of carbonyl (C=O) groups excluding carboxylic acids is 2. The number of thiophene rings is 1. The van der Waals surface area contributed by atoms with Crippen molar-refractivity contribution < 1.29 is 27.8 Å². The van der Waals surface area contributed by atoms with Gasteiger partial charge in [-0.15, -0.1) is 11.3 Å². The van der Waals surface area contributed by atoms with E-state index in [4.69, 9.17) is 16.3 Å². The Morgan fingerprint density at radius 1 is 1.10 bits per heavy atom. The van der Waals surface area contributed by atoms with Crippen molar-refractivity contribution in [3.05, 3.63) is 58.1 Å². The molecule has 10 heteroatoms. The number of benzene rings is 2. The summed E-state index contributed by atoms with van der Waals surface area (Å²) in [5.41, 5.74) is 0.741. The van der Waals surface area contributed by atoms with Crippen LogP contribution in [-0.2, 0) is 20.7 Å². The molecule has 7 nitrogen and oxygen atoms in total. The molecule has 0 saturated heterocycles. The van der Waals surface area contributed by atoms with Gasteiger partial charge >= 0.3 is 11.9 Å². The molecule has 1 heterocycles. The molecule has 0 aliphatic carbocycles. The van der Waals surface area contributed by atoms with Crippen molar-refractivity contribution >= 4 is 66.9 Å². The van der Waals surface area contributed by atoms with Crippen molar-refractivity contribution in [2.24, 2.45) is 0 Å². The number of rotatable bonds is 5. The number of halogens is 1. The number of ether oxygens (including phenoxy) is 2. The SMILES string of the molecule is COC(=O)c1ccc(N(c2sc3ccc(Cl)cc3c2C)S(=O)[O-])c(C(=O)OC)c1. The fourth-order valence-electron chi connectivity index (χ4n) is 2.86. The smallest absolute Gasteiger partial charge is 0.340 e. The lowest BCUT2D eigenvalue weighted by Crippen LogP contribution is -2.22. The average Bonchev–Trinajstić information content (AvgIpc) is 3.02. The molecule has 0 radical (unpaired) electrons. The first-order chi connectivity index (χ1) is 13.8. The van der Waals surface area contributed by atoms with Crippen LogP contribution in [-0.4, -0.2) is 34.9 Å². The highest BCUT2D eigenvalue weighted by Gasteiger charge is 2.25. The largest absolute Gasteiger partial charge is 0.755 e. The number of methoxy groups -OCH3 is 2. The summed E-state index contributed by atoms with van der Waals surface area (Å²) < 4.78 is 35.7. The van der Waals surface area contributed by atoms with Crippen LogP contribution in [0.4, 0.5) is 10.7 Å². The second-order valence-electron chi connectivity index (χ2n) is 5.90. The monoisotopic (exact) mass is 452 g/mol. The Hall–Kier alpha value is -2.46. The molecule has 0 spiro atoms. The summed E-state index contributed by atoms with van der Waals surface area (Å²) in [5.74, 6) is -1.45. The summed E-state index contributed by atoms with van der Waals surface area (Å²) in [6, 6.07) is 9.25. The molecule has 2 aromatic carbocycles. The minimum absolute atomic E-state index is 0.0542. The molecule has 0 saturated carbocycles. The van der Waals surface area contributed by atoms with E-state index in [1.54, 1.807) is 25.1 Å². The lowest BCUT2D eigenvalue weighted by atomic mass is 10.1. The highest BCUT2D eigenvalue weighted by molar-refractivity contribution is 7.81. The normalized spacial score (nSPS) is 11.9. The van der Waals surface area contributed by atoms with Gasteiger partial charge in [0.05, 0.1) is 42.3 Å². The second-order valence-corrected chi connectivity index (χ2v) is 8.17. The standard InChI is InChI=1S/C19H16ClNO6S2/c1-10-13-9-12(20)5-7-16(13)28-17(10)21(29(24)25)15-6-4-11(18(22)26-2)8-14(15)19(23)27-3/h4-9H,1-3H3,(H,24,25)/p-1. The molecule has 3 rings (SSSR count). The molecular weight excluding hydrogens is 438 g/mol. The van der Waals surface area contributed by atoms with Crippen LogP contribution in [0.5, 0.6) is 0 Å². The van der Waals surface area contributed by atoms with E-state index in [9.17, 15) is 18.4 Å². The maximum atomic E-state index is 12.3. The first kappa shape index (κ1) is 21.3. The summed E-state index contributed by atoms with van der Waals surface area (Å²) in [5, 5.41) is 1.72. The molecule has 0 aliphatic heterocycles. The number of fused-ring (bicyclic) bond motifs is 1. The first-order valence-electron chi connectivity index (χ1n) is 8.17. The Bertz CT molecular complexity index is 1140. The van der Waals surface area contributed by atoms with Crippen LogP contribution in [0.1, 0.15) is 26.3 Å². The van der Waals surface area contributed by atoms with E-state index in [0.717, 1.165) is 14.4 Å². The van der Waals surface area contributed by atoms with Crippen LogP contribution in [0.2, 0.25) is 5.02 Å². The third-order valence-corrected chi connectivity index (χ3v) is 6.53. The number of nitrogens with zero attached hydrogens (tertiary/aromatic N) is 1. The number of aryl methyl sites for hydroxylation is 1. The maximum absolute atomic E-state index is 12.3. The predicted octanol–water partition coefficient (Wildman–Crippen LogP) is 4.37. The fourth-order valence-corrected chi connectivity index (χ4v) is 5.03. The summed E-state index contributed by atoms with van der Waals surface area (Å²) in [7, 11) is 2.38. The van der Waals surface area contributed by atoms with Gasteiger partial charge in [0.15, 0.2) is 0 Å². The third-order valence-electron chi connectivity index (χ3n) is 4.25. The third kappa shape index (κ3) is 3.99. The first-order valence-corrected chi connectivity index (χ1v) is 10.4. The summed E-state index contributed by atoms with van der Waals surface area (Å²) in [6.45, 7) is 1.77. The Labute approximate surface area is 178 Å². The molecular formula is C19H15ClNO6S2-. The summed E-state index contributed by atoms with van der Waals surface area (Å²) >= 11 is 4.55. The van der Waals surface area contributed by atoms with Crippen molar-refractivity contribution in [2.45, 2.75) is 6.92 Å². The fraction of sp³-hybridized carbons (Fsp3) is 0.158. The highest BCUT2D eigenvalue weighted by Crippen LogP contribution is 2.43. The van der Waals surface area contributed by atoms with Crippen molar-refractivity contribution in [3.63, 3.8) is 0 Å². The van der Waals surface area contributed by atoms with E-state index in [1.807, 2.05) is 0 Å². The highest BCUT2D eigenvalue weighted by atomic mass is 35.5. The number of anilines is 2. The Morgan fingerprint density at radius 3 is 2.41 bits per heavy atom. The molecule has 1 unspecified atom stereocenters. The van der Waals surface area contributed by atoms with Crippen LogP contribution in [0.25, 0.3) is 10.1 Å². The quantitative estimate of drug-likeness (QED) is 0.421. The Kier molecular flexibility index (Phi) is 6.23. The zero-order valence-electron chi connectivity index (χ0n) is 15.6. The Morgan fingerprint density at radius 2 is 1.79 bits per heavy atom. The topological polar surface area (TPSA) is 96.0 Å². The van der Waals surface area contributed by atoms with E-state index in [2.05, 4.69) is 4.74 Å². The van der Waals surface area contributed by atoms with Crippen LogP contribution in [0.15, 0.2) is 36.4 Å². The minimum Gasteiger partial charge on any atom is -0.755 e. The summed E-state index contributed by atoms with van der Waals surface area (Å²) in [4.78, 5) is 24.2. The van der Waals surface area contributed by atoms with Gasteiger partial charge in [0, 0.05) is 9.72 Å². The van der Waals surface area contributed by atoms with E-state index in [1.165, 1.54) is 43.8 Å². The number of esters is 2. The molecule has 152 valence electrons. The molecule has 0 N–H and O–H groups in total. The van der Waals surface area contributed by atoms with E-state index < -0.39 is 23.2 Å². The van der Waals surface area contributed by atoms with Crippen LogP contribution >= 0.6 is 22.9 Å². The van der Waals surface area contributed by atoms with E-state index in [0.29, 0.717) is 15.6 Å². The van der Waals surface area contributed by atoms with Crippen molar-refractivity contribution in [3.8, 4) is 0 Å². The second kappa shape index (κ2) is 8.50. The number of carbonyl (C=O) groups is 2. The average molecular weight is 453 g/mol. The van der Waals surface area contributed by atoms with Gasteiger partial charge in [-0.25, -0.2) is 9.59 Å². The molecule has 0 bridgehead atoms. The molecule has 29 heavy (non-hydrogen) atoms. The number of hydrogen-bond acceptors (Lipinski definition) is 7. The van der Waals surface area contributed by atoms with Gasteiger partial charge in [-0.2, -0.15) is 0 Å². The van der Waals surface area contributed by atoms with Gasteiger partial charge in [-0.3, -0.25) is 8.51 Å².